The van der Waals surface area contributed by atoms with Crippen LogP contribution in [0.4, 0.5) is 0 Å². The van der Waals surface area contributed by atoms with E-state index in [1.807, 2.05) is 0 Å². The second kappa shape index (κ2) is 5.52. The van der Waals surface area contributed by atoms with Crippen molar-refractivity contribution >= 4 is 0 Å². The molecule has 0 N–H and O–H groups in total. The predicted octanol–water partition coefficient (Wildman–Crippen LogP) is 3.78. The van der Waals surface area contributed by atoms with Crippen LogP contribution < -0.4 is 0 Å². The third kappa shape index (κ3) is 3.71. The molecule has 0 spiro atoms. The van der Waals surface area contributed by atoms with Crippen LogP contribution >= 0.6 is 0 Å². The average Bonchev–Trinajstić information content (AvgIpc) is 1.98. The first kappa shape index (κ1) is 9.74. The van der Waals surface area contributed by atoms with Crippen LogP contribution in [0.5, 0.6) is 0 Å². The molecule has 10 heavy (non-hydrogen) atoms. The Balaban J connectivity index is 3.67. The van der Waals surface area contributed by atoms with Gasteiger partial charge in [-0.25, -0.2) is 0 Å². The second-order valence-electron chi connectivity index (χ2n) is 3.05. The lowest BCUT2D eigenvalue weighted by molar-refractivity contribution is 0.650. The Bertz CT molecular complexity index is 101. The maximum atomic E-state index is 2.37. The van der Waals surface area contributed by atoms with Crippen molar-refractivity contribution < 1.29 is 0 Å². The van der Waals surface area contributed by atoms with Crippen LogP contribution in [0.25, 0.3) is 0 Å². The van der Waals surface area contributed by atoms with Gasteiger partial charge in [0.1, 0.15) is 0 Å². The van der Waals surface area contributed by atoms with Crippen molar-refractivity contribution in [2.45, 2.75) is 47.0 Å². The summed E-state index contributed by atoms with van der Waals surface area (Å²) >= 11 is 0. The van der Waals surface area contributed by atoms with Gasteiger partial charge in [0.05, 0.1) is 0 Å². The summed E-state index contributed by atoms with van der Waals surface area (Å²) < 4.78 is 0. The molecule has 0 fully saturated rings. The van der Waals surface area contributed by atoms with Gasteiger partial charge >= 0.3 is 0 Å². The van der Waals surface area contributed by atoms with Crippen LogP contribution in [0.1, 0.15) is 47.0 Å². The van der Waals surface area contributed by atoms with E-state index in [2.05, 4.69) is 33.8 Å². The van der Waals surface area contributed by atoms with Gasteiger partial charge in [0.15, 0.2) is 0 Å². The molecule has 0 aliphatic heterocycles. The van der Waals surface area contributed by atoms with E-state index in [1.54, 1.807) is 5.57 Å². The van der Waals surface area contributed by atoms with E-state index in [0.717, 1.165) is 5.92 Å². The molecule has 0 amide bonds. The summed E-state index contributed by atoms with van der Waals surface area (Å²) in [5, 5.41) is 0. The van der Waals surface area contributed by atoms with Gasteiger partial charge in [-0.3, -0.25) is 0 Å². The van der Waals surface area contributed by atoms with E-state index in [4.69, 9.17) is 0 Å². The topological polar surface area (TPSA) is 0 Å². The van der Waals surface area contributed by atoms with Gasteiger partial charge in [-0.1, -0.05) is 38.8 Å². The third-order valence-electron chi connectivity index (χ3n) is 2.14. The van der Waals surface area contributed by atoms with Gasteiger partial charge in [-0.2, -0.15) is 0 Å². The first-order valence-electron chi connectivity index (χ1n) is 4.39. The molecular weight excluding hydrogens is 120 g/mol. The van der Waals surface area contributed by atoms with Crippen LogP contribution in [0.15, 0.2) is 11.6 Å². The zero-order chi connectivity index (χ0) is 7.98. The van der Waals surface area contributed by atoms with E-state index >= 15 is 0 Å². The summed E-state index contributed by atoms with van der Waals surface area (Å²) in [4.78, 5) is 0. The maximum absolute atomic E-state index is 2.37. The molecule has 0 saturated heterocycles. The Labute approximate surface area is 65.3 Å². The van der Waals surface area contributed by atoms with Gasteiger partial charge in [0.2, 0.25) is 0 Å². The monoisotopic (exact) mass is 140 g/mol. The van der Waals surface area contributed by atoms with Crippen LogP contribution in [0.2, 0.25) is 0 Å². The summed E-state index contributed by atoms with van der Waals surface area (Å²) in [6, 6.07) is 0. The van der Waals surface area contributed by atoms with E-state index in [1.165, 1.54) is 19.3 Å². The molecule has 0 unspecified atom stereocenters. The minimum Gasteiger partial charge on any atom is -0.0854 e. The number of hydrogen-bond donors (Lipinski definition) is 0. The summed E-state index contributed by atoms with van der Waals surface area (Å²) in [6.07, 6.45) is 6.16. The fraction of sp³-hybridized carbons (Fsp3) is 0.800. The highest BCUT2D eigenvalue weighted by atomic mass is 14.0. The highest BCUT2D eigenvalue weighted by Crippen LogP contribution is 2.13. The molecule has 0 bridgehead atoms. The molecule has 1 atom stereocenters. The van der Waals surface area contributed by atoms with E-state index in [0.29, 0.717) is 0 Å². The molecular formula is C10H20. The fourth-order valence-electron chi connectivity index (χ4n) is 0.895. The third-order valence-corrected chi connectivity index (χ3v) is 2.14. The van der Waals surface area contributed by atoms with Crippen LogP contribution in [0, 0.1) is 5.92 Å². The minimum atomic E-state index is 0.784. The van der Waals surface area contributed by atoms with E-state index in [-0.39, 0.29) is 0 Å². The van der Waals surface area contributed by atoms with Crippen LogP contribution in [0.3, 0.4) is 0 Å². The van der Waals surface area contributed by atoms with Crippen molar-refractivity contribution in [3.05, 3.63) is 11.6 Å². The molecule has 0 aliphatic rings. The fourth-order valence-corrected chi connectivity index (χ4v) is 0.895. The van der Waals surface area contributed by atoms with Gasteiger partial charge in [0, 0.05) is 0 Å². The molecule has 0 aromatic rings. The summed E-state index contributed by atoms with van der Waals surface area (Å²) in [5.74, 6) is 0.784. The van der Waals surface area contributed by atoms with Crippen molar-refractivity contribution in [2.24, 2.45) is 5.92 Å². The van der Waals surface area contributed by atoms with Crippen LogP contribution in [-0.4, -0.2) is 0 Å². The van der Waals surface area contributed by atoms with Gasteiger partial charge in [0.25, 0.3) is 0 Å². The standard InChI is InChI=1S/C10H20/c1-5-7-8-10(4)9(3)6-2/h8-9H,5-7H2,1-4H3/t9-/m1/s1. The molecule has 0 aromatic carbocycles. The number of unbranched alkanes of at least 4 members (excludes halogenated alkanes) is 1. The number of rotatable bonds is 4. The Morgan fingerprint density at radius 3 is 2.40 bits per heavy atom. The van der Waals surface area contributed by atoms with E-state index < -0.39 is 0 Å². The molecule has 0 saturated carbocycles. The van der Waals surface area contributed by atoms with Gasteiger partial charge in [-0.05, 0) is 25.7 Å². The lowest BCUT2D eigenvalue weighted by Crippen LogP contribution is -1.92. The summed E-state index contributed by atoms with van der Waals surface area (Å²) in [5.41, 5.74) is 1.56. The van der Waals surface area contributed by atoms with Crippen molar-refractivity contribution in [1.82, 2.24) is 0 Å². The van der Waals surface area contributed by atoms with E-state index in [9.17, 15) is 0 Å². The smallest absolute Gasteiger partial charge is 0.0237 e. The maximum Gasteiger partial charge on any atom is -0.0237 e. The van der Waals surface area contributed by atoms with Crippen molar-refractivity contribution in [3.63, 3.8) is 0 Å². The van der Waals surface area contributed by atoms with Gasteiger partial charge < -0.3 is 0 Å². The number of hydrogen-bond acceptors (Lipinski definition) is 0. The molecule has 60 valence electrons. The lowest BCUT2D eigenvalue weighted by Gasteiger charge is -2.07. The highest BCUT2D eigenvalue weighted by molar-refractivity contribution is 5.01. The average molecular weight is 140 g/mol. The highest BCUT2D eigenvalue weighted by Gasteiger charge is 1.98. The van der Waals surface area contributed by atoms with Crippen molar-refractivity contribution in [2.75, 3.05) is 0 Å². The molecule has 0 nitrogen and oxygen atoms in total. The quantitative estimate of drug-likeness (QED) is 0.521. The minimum absolute atomic E-state index is 0.784. The Morgan fingerprint density at radius 2 is 2.00 bits per heavy atom. The zero-order valence-electron chi connectivity index (χ0n) is 7.78. The largest absolute Gasteiger partial charge is 0.0854 e. The Morgan fingerprint density at radius 1 is 1.40 bits per heavy atom. The van der Waals surface area contributed by atoms with Crippen molar-refractivity contribution in [3.8, 4) is 0 Å². The second-order valence-corrected chi connectivity index (χ2v) is 3.05. The van der Waals surface area contributed by atoms with Crippen LogP contribution in [-0.2, 0) is 0 Å². The van der Waals surface area contributed by atoms with Gasteiger partial charge in [-0.15, -0.1) is 0 Å². The SMILES string of the molecule is CCCC=C(C)[C@H](C)CC. The Kier molecular flexibility index (Phi) is 5.38. The molecule has 0 rings (SSSR count). The summed E-state index contributed by atoms with van der Waals surface area (Å²) in [6.45, 7) is 9.00. The Hall–Kier alpha value is -0.260. The zero-order valence-corrected chi connectivity index (χ0v) is 7.78. The molecule has 0 heteroatoms. The first-order chi connectivity index (χ1) is 4.72. The lowest BCUT2D eigenvalue weighted by atomic mass is 9.99. The molecule has 0 heterocycles. The predicted molar refractivity (Wildman–Crippen MR) is 48.1 cm³/mol. The molecule has 0 aliphatic carbocycles. The first-order valence-corrected chi connectivity index (χ1v) is 4.39. The number of allylic oxidation sites excluding steroid dienone is 2. The molecule has 0 radical (unpaired) electrons. The summed E-state index contributed by atoms with van der Waals surface area (Å²) in [7, 11) is 0. The van der Waals surface area contributed by atoms with Crippen molar-refractivity contribution in [1.29, 1.82) is 0 Å². The molecule has 0 aromatic heterocycles. The normalized spacial score (nSPS) is 15.4.